The maximum absolute atomic E-state index is 12.5. The molecule has 1 saturated heterocycles. The number of hydrogen-bond donors (Lipinski definition) is 2. The average Bonchev–Trinajstić information content (AvgIpc) is 2.61. The summed E-state index contributed by atoms with van der Waals surface area (Å²) in [6.07, 6.45) is 7.08. The van der Waals surface area contributed by atoms with E-state index < -0.39 is 0 Å². The van der Waals surface area contributed by atoms with Gasteiger partial charge < -0.3 is 10.6 Å². The van der Waals surface area contributed by atoms with E-state index in [9.17, 15) is 4.79 Å². The molecule has 5 heteroatoms. The molecule has 1 unspecified atom stereocenters. The van der Waals surface area contributed by atoms with Gasteiger partial charge in [0, 0.05) is 0 Å². The van der Waals surface area contributed by atoms with Crippen LogP contribution in [-0.2, 0) is 11.2 Å². The number of carbonyl (C=O) groups is 1. The summed E-state index contributed by atoms with van der Waals surface area (Å²) in [6, 6.07) is 8.76. The molecule has 1 heterocycles. The number of carbonyl (C=O) groups excluding carboxylic acids is 1. The van der Waals surface area contributed by atoms with E-state index in [1.807, 2.05) is 7.05 Å². The Morgan fingerprint density at radius 3 is 2.72 bits per heavy atom. The third-order valence-corrected chi connectivity index (χ3v) is 5.58. The monoisotopic (exact) mass is 365 g/mol. The molecule has 2 aliphatic rings. The van der Waals surface area contributed by atoms with Crippen LogP contribution in [0.15, 0.2) is 24.3 Å². The molecule has 25 heavy (non-hydrogen) atoms. The van der Waals surface area contributed by atoms with Crippen molar-refractivity contribution >= 4 is 18.3 Å². The molecule has 0 spiro atoms. The van der Waals surface area contributed by atoms with Crippen LogP contribution in [0, 0.1) is 5.92 Å². The largest absolute Gasteiger partial charge is 0.348 e. The molecule has 0 saturated carbocycles. The van der Waals surface area contributed by atoms with Crippen molar-refractivity contribution in [3.8, 4) is 0 Å². The van der Waals surface area contributed by atoms with E-state index in [-0.39, 0.29) is 24.4 Å². The summed E-state index contributed by atoms with van der Waals surface area (Å²) in [5.74, 6) is 1.01. The second kappa shape index (κ2) is 10.1. The molecule has 3 rings (SSSR count). The maximum atomic E-state index is 12.5. The van der Waals surface area contributed by atoms with Crippen LogP contribution < -0.4 is 10.6 Å². The summed E-state index contributed by atoms with van der Waals surface area (Å²) in [6.45, 7) is 3.77. The van der Waals surface area contributed by atoms with E-state index in [1.165, 1.54) is 36.8 Å². The van der Waals surface area contributed by atoms with Gasteiger partial charge in [0.25, 0.3) is 0 Å². The van der Waals surface area contributed by atoms with Gasteiger partial charge in [-0.2, -0.15) is 0 Å². The SMILES string of the molecule is CNCCC1CCN(CC(=O)NC2CCCc3ccccc32)CC1.Cl. The lowest BCUT2D eigenvalue weighted by molar-refractivity contribution is -0.123. The Labute approximate surface area is 158 Å². The lowest BCUT2D eigenvalue weighted by Crippen LogP contribution is -2.43. The first-order chi connectivity index (χ1) is 11.8. The fourth-order valence-corrected chi connectivity index (χ4v) is 4.13. The first kappa shape index (κ1) is 20.2. The van der Waals surface area contributed by atoms with Gasteiger partial charge in [-0.15, -0.1) is 12.4 Å². The van der Waals surface area contributed by atoms with E-state index in [0.29, 0.717) is 6.54 Å². The summed E-state index contributed by atoms with van der Waals surface area (Å²) in [5.41, 5.74) is 2.72. The van der Waals surface area contributed by atoms with E-state index in [4.69, 9.17) is 0 Å². The van der Waals surface area contributed by atoms with Gasteiger partial charge in [-0.1, -0.05) is 24.3 Å². The molecule has 1 amide bonds. The highest BCUT2D eigenvalue weighted by Crippen LogP contribution is 2.29. The Hall–Kier alpha value is -1.10. The number of hydrogen-bond acceptors (Lipinski definition) is 3. The first-order valence-corrected chi connectivity index (χ1v) is 9.50. The summed E-state index contributed by atoms with van der Waals surface area (Å²) in [5, 5.41) is 6.51. The van der Waals surface area contributed by atoms with Gasteiger partial charge in [0.05, 0.1) is 12.6 Å². The number of fused-ring (bicyclic) bond motifs is 1. The van der Waals surface area contributed by atoms with Crippen molar-refractivity contribution in [2.75, 3.05) is 33.2 Å². The molecular formula is C20H32ClN3O. The van der Waals surface area contributed by atoms with E-state index in [2.05, 4.69) is 39.8 Å². The number of amides is 1. The van der Waals surface area contributed by atoms with Crippen LogP contribution in [0.3, 0.4) is 0 Å². The molecule has 1 aliphatic carbocycles. The smallest absolute Gasteiger partial charge is 0.234 e. The molecule has 1 aromatic rings. The quantitative estimate of drug-likeness (QED) is 0.814. The summed E-state index contributed by atoms with van der Waals surface area (Å²) in [7, 11) is 2.02. The Morgan fingerprint density at radius 1 is 1.20 bits per heavy atom. The zero-order valence-electron chi connectivity index (χ0n) is 15.3. The zero-order valence-corrected chi connectivity index (χ0v) is 16.1. The van der Waals surface area contributed by atoms with E-state index >= 15 is 0 Å². The Balaban J connectivity index is 0.00000225. The van der Waals surface area contributed by atoms with Crippen molar-refractivity contribution in [1.82, 2.24) is 15.5 Å². The molecule has 1 aliphatic heterocycles. The van der Waals surface area contributed by atoms with Crippen molar-refractivity contribution in [2.45, 2.75) is 44.6 Å². The highest BCUT2D eigenvalue weighted by molar-refractivity contribution is 5.85. The second-order valence-electron chi connectivity index (χ2n) is 7.32. The third kappa shape index (κ3) is 5.70. The van der Waals surface area contributed by atoms with Crippen molar-refractivity contribution in [3.63, 3.8) is 0 Å². The molecular weight excluding hydrogens is 334 g/mol. The van der Waals surface area contributed by atoms with Crippen LogP contribution in [0.1, 0.15) is 49.3 Å². The first-order valence-electron chi connectivity index (χ1n) is 9.50. The molecule has 4 nitrogen and oxygen atoms in total. The van der Waals surface area contributed by atoms with Crippen LogP contribution in [0.25, 0.3) is 0 Å². The van der Waals surface area contributed by atoms with Gasteiger partial charge in [0.2, 0.25) is 5.91 Å². The summed E-state index contributed by atoms with van der Waals surface area (Å²) < 4.78 is 0. The van der Waals surface area contributed by atoms with Gasteiger partial charge in [-0.05, 0) is 82.3 Å². The average molecular weight is 366 g/mol. The van der Waals surface area contributed by atoms with Crippen LogP contribution in [0.5, 0.6) is 0 Å². The fraction of sp³-hybridized carbons (Fsp3) is 0.650. The number of halogens is 1. The van der Waals surface area contributed by atoms with Gasteiger partial charge in [-0.3, -0.25) is 9.69 Å². The number of nitrogens with zero attached hydrogens (tertiary/aromatic N) is 1. The molecule has 2 N–H and O–H groups in total. The summed E-state index contributed by atoms with van der Waals surface area (Å²) in [4.78, 5) is 14.8. The maximum Gasteiger partial charge on any atom is 0.234 e. The highest BCUT2D eigenvalue weighted by atomic mass is 35.5. The topological polar surface area (TPSA) is 44.4 Å². The van der Waals surface area contributed by atoms with E-state index in [1.54, 1.807) is 0 Å². The van der Waals surface area contributed by atoms with Crippen LogP contribution >= 0.6 is 12.4 Å². The van der Waals surface area contributed by atoms with Gasteiger partial charge >= 0.3 is 0 Å². The molecule has 0 aromatic heterocycles. The molecule has 0 radical (unpaired) electrons. The Morgan fingerprint density at radius 2 is 1.96 bits per heavy atom. The Bertz CT molecular complexity index is 543. The highest BCUT2D eigenvalue weighted by Gasteiger charge is 2.24. The second-order valence-corrected chi connectivity index (χ2v) is 7.32. The number of rotatable bonds is 6. The zero-order chi connectivity index (χ0) is 16.8. The van der Waals surface area contributed by atoms with Gasteiger partial charge in [-0.25, -0.2) is 0 Å². The van der Waals surface area contributed by atoms with E-state index in [0.717, 1.165) is 38.4 Å². The summed E-state index contributed by atoms with van der Waals surface area (Å²) >= 11 is 0. The normalized spacial score (nSPS) is 21.2. The van der Waals surface area contributed by atoms with Crippen LogP contribution in [0.4, 0.5) is 0 Å². The molecule has 1 atom stereocenters. The molecule has 1 aromatic carbocycles. The van der Waals surface area contributed by atoms with Crippen molar-refractivity contribution in [3.05, 3.63) is 35.4 Å². The minimum absolute atomic E-state index is 0. The third-order valence-electron chi connectivity index (χ3n) is 5.58. The molecule has 1 fully saturated rings. The lowest BCUT2D eigenvalue weighted by atomic mass is 9.88. The van der Waals surface area contributed by atoms with Crippen molar-refractivity contribution in [2.24, 2.45) is 5.92 Å². The Kier molecular flexibility index (Phi) is 8.20. The number of likely N-dealkylation sites (tertiary alicyclic amines) is 1. The standard InChI is InChI=1S/C20H31N3O.ClH/c1-21-12-9-16-10-13-23(14-11-16)15-20(24)22-19-8-4-6-17-5-2-3-7-18(17)19;/h2-3,5,7,16,19,21H,4,6,8-15H2,1H3,(H,22,24);1H. The molecule has 140 valence electrons. The number of nitrogens with one attached hydrogen (secondary N) is 2. The van der Waals surface area contributed by atoms with Crippen molar-refractivity contribution in [1.29, 1.82) is 0 Å². The predicted molar refractivity (Wildman–Crippen MR) is 105 cm³/mol. The van der Waals surface area contributed by atoms with Gasteiger partial charge in [0.1, 0.15) is 0 Å². The number of piperidine rings is 1. The minimum atomic E-state index is 0. The van der Waals surface area contributed by atoms with Crippen LogP contribution in [-0.4, -0.2) is 44.0 Å². The van der Waals surface area contributed by atoms with Gasteiger partial charge in [0.15, 0.2) is 0 Å². The fourth-order valence-electron chi connectivity index (χ4n) is 4.13. The minimum Gasteiger partial charge on any atom is -0.348 e. The number of benzene rings is 1. The predicted octanol–water partition coefficient (Wildman–Crippen LogP) is 2.92. The van der Waals surface area contributed by atoms with Crippen LogP contribution in [0.2, 0.25) is 0 Å². The number of aryl methyl sites for hydroxylation is 1. The lowest BCUT2D eigenvalue weighted by Gasteiger charge is -2.32. The van der Waals surface area contributed by atoms with Crippen molar-refractivity contribution < 1.29 is 4.79 Å². The molecule has 0 bridgehead atoms.